The van der Waals surface area contributed by atoms with Crippen LogP contribution in [0.2, 0.25) is 0 Å². The molecule has 1 fully saturated rings. The van der Waals surface area contributed by atoms with Crippen molar-refractivity contribution in [2.24, 2.45) is 0 Å². The fraction of sp³-hybridized carbons (Fsp3) is 0.333. The summed E-state index contributed by atoms with van der Waals surface area (Å²) in [7, 11) is 0. The van der Waals surface area contributed by atoms with Gasteiger partial charge in [-0.2, -0.15) is 14.6 Å². The summed E-state index contributed by atoms with van der Waals surface area (Å²) in [4.78, 5) is 34.6. The SMILES string of the molecule is CC(=O)O[C@H]1CC[C@@H](NC(=O)[C@@](C)(c2ccccc2)n2ncc3c2nc(N)n2nc(-c4ccco4)nc32)CC1. The number of amides is 1. The average Bonchev–Trinajstić information content (AvgIpc) is 3.69. The van der Waals surface area contributed by atoms with Gasteiger partial charge in [0, 0.05) is 13.0 Å². The van der Waals surface area contributed by atoms with Gasteiger partial charge in [0.05, 0.1) is 17.8 Å². The number of furan rings is 1. The highest BCUT2D eigenvalue weighted by atomic mass is 16.5. The maximum atomic E-state index is 14.1. The smallest absolute Gasteiger partial charge is 0.302 e. The number of carbonyl (C=O) groups is 2. The molecule has 5 aromatic rings. The lowest BCUT2D eigenvalue weighted by molar-refractivity contribution is -0.148. The number of esters is 1. The van der Waals surface area contributed by atoms with Crippen molar-refractivity contribution in [3.8, 4) is 11.6 Å². The largest absolute Gasteiger partial charge is 0.463 e. The van der Waals surface area contributed by atoms with Crippen LogP contribution in [0.4, 0.5) is 5.95 Å². The zero-order valence-corrected chi connectivity index (χ0v) is 21.6. The summed E-state index contributed by atoms with van der Waals surface area (Å²) in [6.45, 7) is 3.23. The second-order valence-corrected chi connectivity index (χ2v) is 9.91. The highest BCUT2D eigenvalue weighted by Crippen LogP contribution is 2.32. The third-order valence-electron chi connectivity index (χ3n) is 7.31. The Morgan fingerprint density at radius 2 is 1.85 bits per heavy atom. The maximum absolute atomic E-state index is 14.1. The minimum Gasteiger partial charge on any atom is -0.463 e. The molecule has 1 aliphatic rings. The van der Waals surface area contributed by atoms with Crippen molar-refractivity contribution in [1.82, 2.24) is 34.7 Å². The van der Waals surface area contributed by atoms with Crippen molar-refractivity contribution in [3.05, 3.63) is 60.5 Å². The number of anilines is 1. The molecule has 4 heterocycles. The molecule has 0 aliphatic heterocycles. The first kappa shape index (κ1) is 24.6. The minimum atomic E-state index is -1.25. The molecule has 0 unspecified atom stereocenters. The molecule has 1 aliphatic carbocycles. The first-order valence-corrected chi connectivity index (χ1v) is 12.8. The molecule has 200 valence electrons. The van der Waals surface area contributed by atoms with E-state index in [0.717, 1.165) is 5.56 Å². The number of nitrogen functional groups attached to an aromatic ring is 1. The van der Waals surface area contributed by atoms with Gasteiger partial charge < -0.3 is 20.2 Å². The normalized spacial score (nSPS) is 19.1. The van der Waals surface area contributed by atoms with Crippen molar-refractivity contribution < 1.29 is 18.7 Å². The van der Waals surface area contributed by atoms with Crippen LogP contribution < -0.4 is 11.1 Å². The molecule has 1 amide bonds. The molecule has 12 nitrogen and oxygen atoms in total. The van der Waals surface area contributed by atoms with Gasteiger partial charge in [-0.05, 0) is 50.3 Å². The summed E-state index contributed by atoms with van der Waals surface area (Å²) >= 11 is 0. The summed E-state index contributed by atoms with van der Waals surface area (Å²) in [6.07, 6.45) is 5.84. The zero-order valence-electron chi connectivity index (χ0n) is 21.6. The number of carbonyl (C=O) groups excluding carboxylic acids is 2. The summed E-state index contributed by atoms with van der Waals surface area (Å²) in [6, 6.07) is 12.9. The van der Waals surface area contributed by atoms with Crippen LogP contribution in [0.3, 0.4) is 0 Å². The van der Waals surface area contributed by atoms with Crippen LogP contribution in [0.5, 0.6) is 0 Å². The molecule has 0 saturated heterocycles. The predicted molar refractivity (Wildman–Crippen MR) is 141 cm³/mol. The fourth-order valence-electron chi connectivity index (χ4n) is 5.24. The van der Waals surface area contributed by atoms with E-state index in [1.165, 1.54) is 11.4 Å². The molecule has 0 spiro atoms. The van der Waals surface area contributed by atoms with Crippen LogP contribution in [0, 0.1) is 0 Å². The Labute approximate surface area is 223 Å². The van der Waals surface area contributed by atoms with Crippen molar-refractivity contribution in [2.45, 2.75) is 57.2 Å². The van der Waals surface area contributed by atoms with Gasteiger partial charge in [-0.1, -0.05) is 30.3 Å². The number of nitrogens with zero attached hydrogens (tertiary/aromatic N) is 6. The zero-order chi connectivity index (χ0) is 27.1. The molecule has 0 bridgehead atoms. The number of fused-ring (bicyclic) bond motifs is 3. The Kier molecular flexibility index (Phi) is 6.01. The summed E-state index contributed by atoms with van der Waals surface area (Å²) in [5, 5.41) is 12.9. The van der Waals surface area contributed by atoms with Crippen LogP contribution in [0.15, 0.2) is 59.3 Å². The molecule has 39 heavy (non-hydrogen) atoms. The van der Waals surface area contributed by atoms with Gasteiger partial charge in [-0.15, -0.1) is 5.10 Å². The number of benzene rings is 1. The van der Waals surface area contributed by atoms with Gasteiger partial charge in [-0.3, -0.25) is 9.59 Å². The van der Waals surface area contributed by atoms with Crippen molar-refractivity contribution >= 4 is 34.5 Å². The van der Waals surface area contributed by atoms with E-state index in [4.69, 9.17) is 14.9 Å². The van der Waals surface area contributed by atoms with E-state index in [9.17, 15) is 9.59 Å². The molecule has 6 rings (SSSR count). The number of hydrogen-bond acceptors (Lipinski definition) is 9. The lowest BCUT2D eigenvalue weighted by atomic mass is 9.88. The summed E-state index contributed by atoms with van der Waals surface area (Å²) < 4.78 is 13.8. The highest BCUT2D eigenvalue weighted by molar-refractivity contribution is 5.94. The topological polar surface area (TPSA) is 155 Å². The predicted octanol–water partition coefficient (Wildman–Crippen LogP) is 3.07. The Hall–Kier alpha value is -4.74. The molecule has 3 N–H and O–H groups in total. The molecular weight excluding hydrogens is 500 g/mol. The van der Waals surface area contributed by atoms with Gasteiger partial charge >= 0.3 is 5.97 Å². The van der Waals surface area contributed by atoms with Crippen LogP contribution in [-0.4, -0.2) is 53.4 Å². The molecular formula is C27H28N8O4. The average molecular weight is 529 g/mol. The van der Waals surface area contributed by atoms with Crippen molar-refractivity contribution in [1.29, 1.82) is 0 Å². The van der Waals surface area contributed by atoms with E-state index >= 15 is 0 Å². The Morgan fingerprint density at radius 3 is 2.54 bits per heavy atom. The Bertz CT molecular complexity index is 1650. The Morgan fingerprint density at radius 1 is 1.08 bits per heavy atom. The first-order chi connectivity index (χ1) is 18.8. The van der Waals surface area contributed by atoms with E-state index in [1.54, 1.807) is 29.3 Å². The quantitative estimate of drug-likeness (QED) is 0.316. The van der Waals surface area contributed by atoms with E-state index in [1.807, 2.05) is 37.3 Å². The lowest BCUT2D eigenvalue weighted by Crippen LogP contribution is -2.52. The van der Waals surface area contributed by atoms with E-state index < -0.39 is 5.54 Å². The molecule has 0 radical (unpaired) electrons. The summed E-state index contributed by atoms with van der Waals surface area (Å²) in [5.41, 5.74) is 6.65. The first-order valence-electron chi connectivity index (χ1n) is 12.8. The standard InChI is InChI=1S/C27H28N8O4/c1-16(36)39-19-12-10-18(11-13-19)30-25(37)27(2,17-7-4-3-5-8-17)35-24-20(15-29-35)23-31-22(21-9-6-14-38-21)33-34(23)26(28)32-24/h3-9,14-15,18-19H,10-13H2,1-2H3,(H2,28,32)(H,30,37)/t18-,19+,27-/m1/s1. The monoisotopic (exact) mass is 528 g/mol. The molecule has 12 heteroatoms. The number of hydrogen-bond donors (Lipinski definition) is 2. The fourth-order valence-corrected chi connectivity index (χ4v) is 5.24. The van der Waals surface area contributed by atoms with Crippen LogP contribution in [0.1, 0.15) is 45.1 Å². The molecule has 1 atom stereocenters. The highest BCUT2D eigenvalue weighted by Gasteiger charge is 2.41. The van der Waals surface area contributed by atoms with Crippen molar-refractivity contribution in [3.63, 3.8) is 0 Å². The second kappa shape index (κ2) is 9.53. The van der Waals surface area contributed by atoms with Gasteiger partial charge in [0.25, 0.3) is 5.91 Å². The van der Waals surface area contributed by atoms with E-state index in [2.05, 4.69) is 25.5 Å². The van der Waals surface area contributed by atoms with Crippen LogP contribution in [-0.2, 0) is 19.9 Å². The van der Waals surface area contributed by atoms with Gasteiger partial charge in [0.15, 0.2) is 22.6 Å². The minimum absolute atomic E-state index is 0.0637. The molecule has 1 saturated carbocycles. The molecule has 1 aromatic carbocycles. The maximum Gasteiger partial charge on any atom is 0.302 e. The van der Waals surface area contributed by atoms with Crippen LogP contribution in [0.25, 0.3) is 28.3 Å². The summed E-state index contributed by atoms with van der Waals surface area (Å²) in [5.74, 6) is 0.448. The number of nitrogens with one attached hydrogen (secondary N) is 1. The van der Waals surface area contributed by atoms with Crippen molar-refractivity contribution in [2.75, 3.05) is 5.73 Å². The Balaban J connectivity index is 1.39. The second-order valence-electron chi connectivity index (χ2n) is 9.91. The van der Waals surface area contributed by atoms with Crippen LogP contribution >= 0.6 is 0 Å². The third-order valence-corrected chi connectivity index (χ3v) is 7.31. The van der Waals surface area contributed by atoms with Gasteiger partial charge in [0.1, 0.15) is 6.10 Å². The molecule has 4 aromatic heterocycles. The van der Waals surface area contributed by atoms with E-state index in [0.29, 0.717) is 53.9 Å². The van der Waals surface area contributed by atoms with Gasteiger partial charge in [-0.25, -0.2) is 9.67 Å². The lowest BCUT2D eigenvalue weighted by Gasteiger charge is -2.34. The number of ether oxygens (including phenoxy) is 1. The number of aromatic nitrogens is 6. The van der Waals surface area contributed by atoms with Gasteiger partial charge in [0.2, 0.25) is 11.8 Å². The number of nitrogens with two attached hydrogens (primary N) is 1. The third kappa shape index (κ3) is 4.27. The number of rotatable bonds is 6. The van der Waals surface area contributed by atoms with E-state index in [-0.39, 0.29) is 30.0 Å².